The summed E-state index contributed by atoms with van der Waals surface area (Å²) in [6.45, 7) is -0.817. The molecule has 2 aliphatic heterocycles. The largest absolute Gasteiger partial charge is 0.394 e. The number of rotatable bonds is 2. The molecule has 0 radical (unpaired) electrons. The van der Waals surface area contributed by atoms with Gasteiger partial charge in [0.2, 0.25) is 0 Å². The van der Waals surface area contributed by atoms with Crippen molar-refractivity contribution >= 4 is 0 Å². The van der Waals surface area contributed by atoms with E-state index in [4.69, 9.17) is 50.3 Å². The summed E-state index contributed by atoms with van der Waals surface area (Å²) in [5, 5.41) is 71.4. The van der Waals surface area contributed by atoms with Crippen LogP contribution in [0.4, 0.5) is 0 Å². The molecule has 0 bridgehead atoms. The minimum absolute atomic E-state index is 0.0521. The van der Waals surface area contributed by atoms with E-state index in [1.165, 1.54) is 0 Å². The molecule has 0 aliphatic carbocycles. The molecule has 0 spiro atoms. The number of ether oxygens (including phenoxy) is 2. The van der Waals surface area contributed by atoms with Crippen LogP contribution < -0.4 is 0 Å². The Morgan fingerprint density at radius 3 is 1.18 bits per heavy atom. The maximum Gasteiger partial charge on any atom is 0.111 e. The maximum absolute atomic E-state index is 9.11. The van der Waals surface area contributed by atoms with E-state index in [9.17, 15) is 0 Å². The van der Waals surface area contributed by atoms with E-state index in [2.05, 4.69) is 0 Å². The molecule has 8 N–H and O–H groups in total. The Hall–Kier alpha value is -0.400. The zero-order valence-electron chi connectivity index (χ0n) is 11.8. The zero-order valence-corrected chi connectivity index (χ0v) is 11.8. The number of aliphatic hydroxyl groups is 8. The van der Waals surface area contributed by atoms with Crippen molar-refractivity contribution in [2.75, 3.05) is 26.4 Å². The van der Waals surface area contributed by atoms with Crippen LogP contribution in [0.1, 0.15) is 0 Å². The highest BCUT2D eigenvalue weighted by Crippen LogP contribution is 2.15. The summed E-state index contributed by atoms with van der Waals surface area (Å²) in [4.78, 5) is 0. The summed E-state index contributed by atoms with van der Waals surface area (Å²) in [5.74, 6) is 0. The number of hydrogen-bond acceptors (Lipinski definition) is 10. The first kappa shape index (κ1) is 19.6. The van der Waals surface area contributed by atoms with Crippen molar-refractivity contribution in [1.82, 2.24) is 0 Å². The fourth-order valence-electron chi connectivity index (χ4n) is 2.06. The second kappa shape index (κ2) is 9.03. The summed E-state index contributed by atoms with van der Waals surface area (Å²) in [7, 11) is 0. The molecule has 0 saturated carbocycles. The molecule has 2 rings (SSSR count). The molecule has 22 heavy (non-hydrogen) atoms. The Labute approximate surface area is 126 Å². The van der Waals surface area contributed by atoms with Gasteiger partial charge in [-0.05, 0) is 0 Å². The molecule has 8 atom stereocenters. The van der Waals surface area contributed by atoms with Crippen molar-refractivity contribution in [3.05, 3.63) is 0 Å². The van der Waals surface area contributed by atoms with E-state index in [1.54, 1.807) is 0 Å². The van der Waals surface area contributed by atoms with Gasteiger partial charge in [-0.25, -0.2) is 0 Å². The van der Waals surface area contributed by atoms with E-state index in [0.717, 1.165) is 0 Å². The highest BCUT2D eigenvalue weighted by molar-refractivity contribution is 4.86. The molecule has 2 fully saturated rings. The molecular weight excluding hydrogens is 304 g/mol. The normalized spacial score (nSPS) is 45.8. The third kappa shape index (κ3) is 4.80. The Bertz CT molecular complexity index is 282. The van der Waals surface area contributed by atoms with Crippen LogP contribution in [-0.4, -0.2) is 116 Å². The lowest BCUT2D eigenvalue weighted by atomic mass is 10.0. The van der Waals surface area contributed by atoms with Crippen LogP contribution in [0.15, 0.2) is 0 Å². The van der Waals surface area contributed by atoms with Crippen LogP contribution in [0.5, 0.6) is 0 Å². The molecule has 2 aliphatic rings. The molecule has 1 unspecified atom stereocenters. The highest BCUT2D eigenvalue weighted by Gasteiger charge is 2.37. The van der Waals surface area contributed by atoms with Crippen LogP contribution in [0, 0.1) is 0 Å². The number of aliphatic hydroxyl groups excluding tert-OH is 8. The minimum atomic E-state index is -1.22. The van der Waals surface area contributed by atoms with Gasteiger partial charge in [0.15, 0.2) is 0 Å². The maximum atomic E-state index is 9.11. The fourth-order valence-corrected chi connectivity index (χ4v) is 2.06. The molecule has 2 heterocycles. The Balaban J connectivity index is 0.000000220. The van der Waals surface area contributed by atoms with Crippen molar-refractivity contribution < 1.29 is 50.3 Å². The van der Waals surface area contributed by atoms with Gasteiger partial charge in [-0.3, -0.25) is 0 Å². The molecular formula is C12H24O10. The van der Waals surface area contributed by atoms with Crippen LogP contribution >= 0.6 is 0 Å². The van der Waals surface area contributed by atoms with Gasteiger partial charge in [0.1, 0.15) is 48.8 Å². The summed E-state index contributed by atoms with van der Waals surface area (Å²) in [6, 6.07) is 0. The van der Waals surface area contributed by atoms with Gasteiger partial charge in [-0.15, -0.1) is 0 Å². The third-order valence-corrected chi connectivity index (χ3v) is 3.57. The van der Waals surface area contributed by atoms with Gasteiger partial charge in [0.25, 0.3) is 0 Å². The van der Waals surface area contributed by atoms with Crippen LogP contribution in [0.3, 0.4) is 0 Å². The topological polar surface area (TPSA) is 180 Å². The average Bonchev–Trinajstić information content (AvgIpc) is 2.51. The van der Waals surface area contributed by atoms with Crippen LogP contribution in [0.25, 0.3) is 0 Å². The van der Waals surface area contributed by atoms with Crippen molar-refractivity contribution in [3.63, 3.8) is 0 Å². The van der Waals surface area contributed by atoms with Gasteiger partial charge in [0.05, 0.1) is 26.4 Å². The molecule has 0 aromatic carbocycles. The molecule has 10 heteroatoms. The lowest BCUT2D eigenvalue weighted by Crippen LogP contribution is -2.53. The SMILES string of the molecule is OC[C@H]1OC[C@H](O)[C@@H](O)C1O.OC[C@H]1OC[C@H](O)[C@@H](O)[C@@H]1O. The zero-order chi connectivity index (χ0) is 16.9. The fraction of sp³-hybridized carbons (Fsp3) is 1.00. The molecule has 2 saturated heterocycles. The van der Waals surface area contributed by atoms with Crippen LogP contribution in [-0.2, 0) is 9.47 Å². The first-order chi connectivity index (χ1) is 10.3. The molecule has 132 valence electrons. The summed E-state index contributed by atoms with van der Waals surface area (Å²) >= 11 is 0. The molecule has 0 aromatic heterocycles. The predicted molar refractivity (Wildman–Crippen MR) is 69.7 cm³/mol. The Kier molecular flexibility index (Phi) is 8.07. The van der Waals surface area contributed by atoms with E-state index in [0.29, 0.717) is 0 Å². The molecule has 0 aromatic rings. The van der Waals surface area contributed by atoms with Gasteiger partial charge in [-0.2, -0.15) is 0 Å². The van der Waals surface area contributed by atoms with E-state index in [-0.39, 0.29) is 26.4 Å². The van der Waals surface area contributed by atoms with Crippen molar-refractivity contribution in [2.24, 2.45) is 0 Å². The van der Waals surface area contributed by atoms with Crippen LogP contribution in [0.2, 0.25) is 0 Å². The standard InChI is InChI=1S/2C6H12O5/c2*7-1-4-6(10)5(9)3(8)2-11-4/h2*3-10H,1-2H2/t3-,4+,5+,6?;3-,4+,5+,6+/m00/s1. The first-order valence-electron chi connectivity index (χ1n) is 6.86. The lowest BCUT2D eigenvalue weighted by Gasteiger charge is -2.34. The Morgan fingerprint density at radius 2 is 0.909 bits per heavy atom. The van der Waals surface area contributed by atoms with E-state index in [1.807, 2.05) is 0 Å². The minimum Gasteiger partial charge on any atom is -0.394 e. The van der Waals surface area contributed by atoms with Crippen molar-refractivity contribution in [2.45, 2.75) is 48.8 Å². The first-order valence-corrected chi connectivity index (χ1v) is 6.86. The molecule has 0 amide bonds. The van der Waals surface area contributed by atoms with Gasteiger partial charge in [-0.1, -0.05) is 0 Å². The summed E-state index contributed by atoms with van der Waals surface area (Å²) in [5.41, 5.74) is 0. The molecule has 10 nitrogen and oxygen atoms in total. The quantitative estimate of drug-likeness (QED) is 0.244. The van der Waals surface area contributed by atoms with E-state index < -0.39 is 48.8 Å². The highest BCUT2D eigenvalue weighted by atomic mass is 16.5. The number of hydrogen-bond donors (Lipinski definition) is 8. The van der Waals surface area contributed by atoms with Gasteiger partial charge < -0.3 is 50.3 Å². The third-order valence-electron chi connectivity index (χ3n) is 3.57. The monoisotopic (exact) mass is 328 g/mol. The van der Waals surface area contributed by atoms with Gasteiger partial charge >= 0.3 is 0 Å². The predicted octanol–water partition coefficient (Wildman–Crippen LogP) is -5.08. The second-order valence-electron chi connectivity index (χ2n) is 5.21. The Morgan fingerprint density at radius 1 is 0.591 bits per heavy atom. The lowest BCUT2D eigenvalue weighted by molar-refractivity contribution is -0.195. The van der Waals surface area contributed by atoms with Crippen molar-refractivity contribution in [3.8, 4) is 0 Å². The van der Waals surface area contributed by atoms with Crippen molar-refractivity contribution in [1.29, 1.82) is 0 Å². The van der Waals surface area contributed by atoms with Gasteiger partial charge in [0, 0.05) is 0 Å². The smallest absolute Gasteiger partial charge is 0.111 e. The summed E-state index contributed by atoms with van der Waals surface area (Å²) < 4.78 is 9.62. The van der Waals surface area contributed by atoms with E-state index >= 15 is 0 Å². The summed E-state index contributed by atoms with van der Waals surface area (Å²) in [6.07, 6.45) is -8.54. The average molecular weight is 328 g/mol. The second-order valence-corrected chi connectivity index (χ2v) is 5.21.